The molecule has 7 atom stereocenters. The number of carbonyl (C=O) groups excluding carboxylic acids is 6. The summed E-state index contributed by atoms with van der Waals surface area (Å²) >= 11 is 0. The number of aromatic amines is 1. The first-order chi connectivity index (χ1) is 26.6. The number of nitrogens with one attached hydrogen (secondary N) is 6. The minimum absolute atomic E-state index is 0.0245. The molecule has 6 amide bonds. The fourth-order valence-electron chi connectivity index (χ4n) is 5.75. The van der Waals surface area contributed by atoms with E-state index in [1.165, 1.54) is 6.92 Å². The van der Waals surface area contributed by atoms with Crippen molar-refractivity contribution in [1.29, 1.82) is 0 Å². The summed E-state index contributed by atoms with van der Waals surface area (Å²) in [4.78, 5) is 81.2. The van der Waals surface area contributed by atoms with Gasteiger partial charge in [-0.2, -0.15) is 0 Å². The van der Waals surface area contributed by atoms with Crippen molar-refractivity contribution < 1.29 is 33.9 Å². The summed E-state index contributed by atoms with van der Waals surface area (Å²) in [6, 6.07) is -6.54. The highest BCUT2D eigenvalue weighted by Crippen LogP contribution is 2.24. The zero-order chi connectivity index (χ0) is 41.8. The summed E-state index contributed by atoms with van der Waals surface area (Å²) in [6.45, 7) is 5.41. The molecule has 1 aromatic heterocycles. The van der Waals surface area contributed by atoms with Crippen molar-refractivity contribution in [2.45, 2.75) is 108 Å². The van der Waals surface area contributed by atoms with Gasteiger partial charge in [0.1, 0.15) is 24.2 Å². The van der Waals surface area contributed by atoms with E-state index in [0.717, 1.165) is 56.8 Å². The predicted octanol–water partition coefficient (Wildman–Crippen LogP) is -0.718. The maximum atomic E-state index is 13.8. The molecule has 17 nitrogen and oxygen atoms in total. The number of allylic oxidation sites excluding steroid dienone is 4. The fraction of sp³-hybridized carbons (Fsp3) is 0.568. The van der Waals surface area contributed by atoms with Crippen molar-refractivity contribution in [3.63, 3.8) is 0 Å². The summed E-state index contributed by atoms with van der Waals surface area (Å²) in [6.07, 6.45) is 13.9. The van der Waals surface area contributed by atoms with Gasteiger partial charge in [0, 0.05) is 23.4 Å². The van der Waals surface area contributed by atoms with Gasteiger partial charge in [0.2, 0.25) is 35.4 Å². The number of nitrogens with two attached hydrogens (primary N) is 4. The lowest BCUT2D eigenvalue weighted by atomic mass is 9.99. The molecule has 1 heterocycles. The number of amides is 6. The first-order valence-electron chi connectivity index (χ1n) is 18.6. The number of hydrogen-bond acceptors (Lipinski definition) is 12. The summed E-state index contributed by atoms with van der Waals surface area (Å²) in [5, 5.41) is 23.5. The SMILES string of the molecule is C/C=C\c1c(CC(N)C(=O)NC(CCCCN)C(=O)NC(CSSCC(NC(=O)C(CC2=CCCC=C2)NC)C(N)=O)C(=O)NC(C(N)=O)[C@@H](C)O)c[nH]c1C. The average Bonchev–Trinajstić information content (AvgIpc) is 3.50. The van der Waals surface area contributed by atoms with Crippen LogP contribution in [0.25, 0.3) is 6.08 Å². The largest absolute Gasteiger partial charge is 0.391 e. The van der Waals surface area contributed by atoms with Crippen molar-refractivity contribution in [3.05, 3.63) is 52.9 Å². The van der Waals surface area contributed by atoms with Crippen molar-refractivity contribution in [2.24, 2.45) is 22.9 Å². The number of unbranched alkanes of at least 4 members (excludes halogenated alkanes) is 1. The van der Waals surface area contributed by atoms with Crippen LogP contribution in [0, 0.1) is 6.92 Å². The molecular formula is C37H60N10O7S2. The maximum Gasteiger partial charge on any atom is 0.244 e. The van der Waals surface area contributed by atoms with E-state index >= 15 is 0 Å². The summed E-state index contributed by atoms with van der Waals surface area (Å²) in [7, 11) is 3.85. The number of aromatic nitrogens is 1. The van der Waals surface area contributed by atoms with Crippen LogP contribution in [-0.4, -0.2) is 113 Å². The fourth-order valence-corrected chi connectivity index (χ4v) is 8.09. The molecule has 0 fully saturated rings. The minimum Gasteiger partial charge on any atom is -0.391 e. The van der Waals surface area contributed by atoms with E-state index in [-0.39, 0.29) is 24.3 Å². The Morgan fingerprint density at radius 2 is 1.50 bits per heavy atom. The Hall–Kier alpha value is -4.14. The second-order valence-corrected chi connectivity index (χ2v) is 16.1. The van der Waals surface area contributed by atoms with E-state index in [0.29, 0.717) is 25.8 Å². The number of hydrogen-bond donors (Lipinski definition) is 11. The molecule has 19 heteroatoms. The van der Waals surface area contributed by atoms with Crippen LogP contribution in [0.4, 0.5) is 0 Å². The number of H-pyrrole nitrogens is 1. The first-order valence-corrected chi connectivity index (χ1v) is 21.1. The molecule has 0 saturated heterocycles. The second kappa shape index (κ2) is 25.2. The number of carbonyl (C=O) groups is 6. The second-order valence-electron chi connectivity index (χ2n) is 13.5. The lowest BCUT2D eigenvalue weighted by Crippen LogP contribution is -2.59. The van der Waals surface area contributed by atoms with Gasteiger partial charge in [-0.05, 0) is 90.4 Å². The molecule has 1 aliphatic carbocycles. The third-order valence-electron chi connectivity index (χ3n) is 9.01. The van der Waals surface area contributed by atoms with Crippen LogP contribution in [0.15, 0.2) is 36.1 Å². The molecule has 6 unspecified atom stereocenters. The lowest BCUT2D eigenvalue weighted by molar-refractivity contribution is -0.134. The molecule has 15 N–H and O–H groups in total. The third kappa shape index (κ3) is 16.1. The molecule has 0 spiro atoms. The number of rotatable bonds is 26. The monoisotopic (exact) mass is 820 g/mol. The van der Waals surface area contributed by atoms with Gasteiger partial charge in [0.25, 0.3) is 0 Å². The number of aliphatic hydroxyl groups excluding tert-OH is 1. The number of likely N-dealkylation sites (N-methyl/N-ethyl adjacent to an activating group) is 1. The van der Waals surface area contributed by atoms with E-state index < -0.39 is 77.8 Å². The van der Waals surface area contributed by atoms with Crippen LogP contribution in [0.3, 0.4) is 0 Å². The van der Waals surface area contributed by atoms with Gasteiger partial charge < -0.3 is 59.6 Å². The Labute approximate surface area is 336 Å². The summed E-state index contributed by atoms with van der Waals surface area (Å²) in [5.74, 6) is -4.35. The van der Waals surface area contributed by atoms with Crippen molar-refractivity contribution >= 4 is 63.1 Å². The van der Waals surface area contributed by atoms with Gasteiger partial charge in [-0.1, -0.05) is 57.5 Å². The Morgan fingerprint density at radius 1 is 0.875 bits per heavy atom. The molecule has 1 aliphatic rings. The predicted molar refractivity (Wildman–Crippen MR) is 221 cm³/mol. The molecule has 0 aromatic carbocycles. The maximum absolute atomic E-state index is 13.8. The molecule has 0 bridgehead atoms. The number of primary amides is 2. The van der Waals surface area contributed by atoms with Gasteiger partial charge in [-0.15, -0.1) is 0 Å². The molecule has 312 valence electrons. The van der Waals surface area contributed by atoms with Crippen molar-refractivity contribution in [3.8, 4) is 0 Å². The van der Waals surface area contributed by atoms with E-state index in [1.807, 2.05) is 38.2 Å². The quantitative estimate of drug-likeness (QED) is 0.0408. The number of aliphatic hydroxyl groups is 1. The summed E-state index contributed by atoms with van der Waals surface area (Å²) < 4.78 is 0. The van der Waals surface area contributed by atoms with E-state index in [2.05, 4.69) is 37.6 Å². The van der Waals surface area contributed by atoms with Crippen LogP contribution < -0.4 is 49.5 Å². The van der Waals surface area contributed by atoms with Crippen molar-refractivity contribution in [1.82, 2.24) is 31.6 Å². The molecule has 0 saturated carbocycles. The van der Waals surface area contributed by atoms with E-state index in [1.54, 1.807) is 13.2 Å². The van der Waals surface area contributed by atoms with Crippen LogP contribution in [0.1, 0.15) is 69.2 Å². The van der Waals surface area contributed by atoms with Crippen LogP contribution in [0.5, 0.6) is 0 Å². The lowest BCUT2D eigenvalue weighted by Gasteiger charge is -2.26. The summed E-state index contributed by atoms with van der Waals surface area (Å²) in [5.41, 5.74) is 26.7. The highest BCUT2D eigenvalue weighted by atomic mass is 33.1. The van der Waals surface area contributed by atoms with Gasteiger partial charge in [-0.25, -0.2) is 0 Å². The zero-order valence-corrected chi connectivity index (χ0v) is 34.2. The van der Waals surface area contributed by atoms with Gasteiger partial charge >= 0.3 is 0 Å². The molecule has 0 aliphatic heterocycles. The topological polar surface area (TPSA) is 303 Å². The third-order valence-corrected chi connectivity index (χ3v) is 11.4. The zero-order valence-electron chi connectivity index (χ0n) is 32.6. The Balaban J connectivity index is 2.19. The number of aryl methyl sites for hydroxylation is 1. The Bertz CT molecular complexity index is 1580. The molecule has 56 heavy (non-hydrogen) atoms. The van der Waals surface area contributed by atoms with Crippen LogP contribution >= 0.6 is 21.6 Å². The standard InChI is InChI=1S/C37H60N10O7S2/c1-5-11-25-21(2)43-18-24(25)17-26(39)34(51)44-27(14-9-10-15-38)35(52)46-30(37(54)47-31(22(3)48)33(41)50)20-56-55-19-29(32(40)49)45-36(53)28(42-4)16-23-12-7-6-8-13-23/h5,7,11-13,18,22,26-31,42-43,48H,6,8-10,14-17,19-20,38-39H2,1-4H3,(H2,40,49)(H2,41,50)(H,44,51)(H,45,53)(H,46,52)(H,47,54)/b11-5-/t22-,26?,27?,28?,29?,30?,31?/m1/s1. The average molecular weight is 821 g/mol. The highest BCUT2D eigenvalue weighted by molar-refractivity contribution is 8.76. The smallest absolute Gasteiger partial charge is 0.244 e. The normalized spacial score (nSPS) is 16.4. The van der Waals surface area contributed by atoms with Crippen LogP contribution in [-0.2, 0) is 35.2 Å². The minimum atomic E-state index is -1.46. The Morgan fingerprint density at radius 3 is 2.07 bits per heavy atom. The molecular weight excluding hydrogens is 761 g/mol. The highest BCUT2D eigenvalue weighted by Gasteiger charge is 2.32. The van der Waals surface area contributed by atoms with Crippen molar-refractivity contribution in [2.75, 3.05) is 25.1 Å². The molecule has 2 rings (SSSR count). The first kappa shape index (κ1) is 48.0. The van der Waals surface area contributed by atoms with Gasteiger partial charge in [-0.3, -0.25) is 28.8 Å². The Kier molecular flexibility index (Phi) is 21.6. The van der Waals surface area contributed by atoms with Gasteiger partial charge in [0.05, 0.1) is 18.2 Å². The van der Waals surface area contributed by atoms with E-state index in [9.17, 15) is 33.9 Å². The van der Waals surface area contributed by atoms with Crippen LogP contribution in [0.2, 0.25) is 0 Å². The van der Waals surface area contributed by atoms with Gasteiger partial charge in [0.15, 0.2) is 0 Å². The van der Waals surface area contributed by atoms with E-state index in [4.69, 9.17) is 22.9 Å². The molecule has 1 aromatic rings. The molecule has 0 radical (unpaired) electrons.